The number of hydrogen-bond donors (Lipinski definition) is 1. The highest BCUT2D eigenvalue weighted by Gasteiger charge is 2.37. The molecule has 1 aliphatic rings. The second kappa shape index (κ2) is 9.43. The van der Waals surface area contributed by atoms with Crippen molar-refractivity contribution in [3.63, 3.8) is 0 Å². The number of rotatable bonds is 7. The molecule has 1 aliphatic heterocycles. The zero-order valence-electron chi connectivity index (χ0n) is 17.4. The zero-order chi connectivity index (χ0) is 21.7. The summed E-state index contributed by atoms with van der Waals surface area (Å²) in [5.41, 5.74) is 2.75. The average Bonchev–Trinajstić information content (AvgIpc) is 3.14. The summed E-state index contributed by atoms with van der Waals surface area (Å²) >= 11 is 0. The highest BCUT2D eigenvalue weighted by Crippen LogP contribution is 2.26. The van der Waals surface area contributed by atoms with E-state index in [0.717, 1.165) is 22.6 Å². The van der Waals surface area contributed by atoms with Gasteiger partial charge in [0.2, 0.25) is 5.91 Å². The first-order chi connectivity index (χ1) is 14.4. The molecule has 7 nitrogen and oxygen atoms in total. The Labute approximate surface area is 176 Å². The Morgan fingerprint density at radius 2 is 1.80 bits per heavy atom. The summed E-state index contributed by atoms with van der Waals surface area (Å²) in [7, 11) is 1.59. The quantitative estimate of drug-likeness (QED) is 0.710. The number of esters is 1. The third kappa shape index (κ3) is 5.17. The Bertz CT molecular complexity index is 908. The van der Waals surface area contributed by atoms with Crippen LogP contribution in [0, 0.1) is 12.8 Å². The fraction of sp³-hybridized carbons (Fsp3) is 0.348. The Kier molecular flexibility index (Phi) is 6.72. The lowest BCUT2D eigenvalue weighted by molar-refractivity contribution is -0.158. The molecule has 0 aliphatic carbocycles. The predicted octanol–water partition coefficient (Wildman–Crippen LogP) is 2.60. The molecule has 0 saturated carbocycles. The van der Waals surface area contributed by atoms with Crippen molar-refractivity contribution in [3.05, 3.63) is 59.7 Å². The third-order valence-corrected chi connectivity index (χ3v) is 5.09. The molecule has 2 atom stereocenters. The van der Waals surface area contributed by atoms with Crippen LogP contribution in [0.2, 0.25) is 0 Å². The van der Waals surface area contributed by atoms with Crippen LogP contribution in [-0.4, -0.2) is 37.5 Å². The molecule has 2 aromatic carbocycles. The van der Waals surface area contributed by atoms with Gasteiger partial charge in [0, 0.05) is 25.2 Å². The van der Waals surface area contributed by atoms with Crippen LogP contribution in [-0.2, 0) is 25.7 Å². The minimum Gasteiger partial charge on any atom is -0.497 e. The molecule has 0 spiro atoms. The third-order valence-electron chi connectivity index (χ3n) is 5.09. The first kappa shape index (κ1) is 21.4. The lowest BCUT2D eigenvalue weighted by Crippen LogP contribution is -2.37. The van der Waals surface area contributed by atoms with Gasteiger partial charge in [0.05, 0.1) is 13.0 Å². The molecule has 0 bridgehead atoms. The van der Waals surface area contributed by atoms with Gasteiger partial charge in [-0.15, -0.1) is 0 Å². The Hall–Kier alpha value is -3.35. The molecule has 2 aromatic rings. The number of nitrogens with one attached hydrogen (secondary N) is 1. The van der Waals surface area contributed by atoms with Crippen LogP contribution in [0.3, 0.4) is 0 Å². The van der Waals surface area contributed by atoms with Crippen molar-refractivity contribution < 1.29 is 23.9 Å². The maximum atomic E-state index is 12.5. The van der Waals surface area contributed by atoms with Crippen molar-refractivity contribution >= 4 is 23.5 Å². The van der Waals surface area contributed by atoms with Crippen LogP contribution < -0.4 is 15.0 Å². The van der Waals surface area contributed by atoms with Gasteiger partial charge < -0.3 is 19.7 Å². The van der Waals surface area contributed by atoms with Gasteiger partial charge in [-0.3, -0.25) is 14.4 Å². The number of amides is 2. The van der Waals surface area contributed by atoms with Crippen LogP contribution in [0.1, 0.15) is 24.5 Å². The van der Waals surface area contributed by atoms with E-state index in [1.807, 2.05) is 55.5 Å². The van der Waals surface area contributed by atoms with Crippen molar-refractivity contribution in [2.75, 3.05) is 18.6 Å². The maximum Gasteiger partial charge on any atom is 0.312 e. The second-order valence-electron chi connectivity index (χ2n) is 7.39. The van der Waals surface area contributed by atoms with E-state index in [1.165, 1.54) is 6.92 Å². The molecular formula is C23H26N2O5. The van der Waals surface area contributed by atoms with E-state index in [9.17, 15) is 14.4 Å². The molecule has 3 rings (SSSR count). The number of aryl methyl sites for hydroxylation is 1. The van der Waals surface area contributed by atoms with Crippen LogP contribution in [0.15, 0.2) is 48.5 Å². The van der Waals surface area contributed by atoms with Gasteiger partial charge in [0.25, 0.3) is 5.91 Å². The summed E-state index contributed by atoms with van der Waals surface area (Å²) in [6.07, 6.45) is -0.869. The van der Waals surface area contributed by atoms with Crippen molar-refractivity contribution in [2.45, 2.75) is 32.9 Å². The van der Waals surface area contributed by atoms with Gasteiger partial charge in [0.15, 0.2) is 6.10 Å². The van der Waals surface area contributed by atoms with E-state index in [2.05, 4.69) is 5.32 Å². The number of nitrogens with zero attached hydrogens (tertiary/aromatic N) is 1. The molecule has 1 fully saturated rings. The summed E-state index contributed by atoms with van der Waals surface area (Å²) in [6, 6.07) is 14.9. The van der Waals surface area contributed by atoms with Crippen molar-refractivity contribution in [1.29, 1.82) is 0 Å². The molecule has 0 radical (unpaired) electrons. The highest BCUT2D eigenvalue weighted by atomic mass is 16.5. The van der Waals surface area contributed by atoms with Crippen molar-refractivity contribution in [3.8, 4) is 5.75 Å². The fourth-order valence-corrected chi connectivity index (χ4v) is 3.24. The number of methoxy groups -OCH3 is 1. The first-order valence-corrected chi connectivity index (χ1v) is 9.85. The van der Waals surface area contributed by atoms with Gasteiger partial charge in [-0.2, -0.15) is 0 Å². The molecule has 0 aromatic heterocycles. The highest BCUT2D eigenvalue weighted by molar-refractivity contribution is 5.99. The number of benzene rings is 2. The summed E-state index contributed by atoms with van der Waals surface area (Å²) in [4.78, 5) is 38.7. The standard InChI is InChI=1S/C23H26N2O5/c1-15-4-8-19(9-5-15)25-14-18(12-21(25)26)23(28)30-16(2)22(27)24-13-17-6-10-20(29-3)11-7-17/h4-11,16,18H,12-14H2,1-3H3,(H,24,27)/t16-,18+/m0/s1. The monoisotopic (exact) mass is 410 g/mol. The molecule has 1 N–H and O–H groups in total. The lowest BCUT2D eigenvalue weighted by atomic mass is 10.1. The van der Waals surface area contributed by atoms with Crippen LogP contribution in [0.25, 0.3) is 0 Å². The van der Waals surface area contributed by atoms with Crippen LogP contribution >= 0.6 is 0 Å². The van der Waals surface area contributed by atoms with E-state index in [0.29, 0.717) is 6.54 Å². The van der Waals surface area contributed by atoms with Gasteiger partial charge in [-0.25, -0.2) is 0 Å². The smallest absolute Gasteiger partial charge is 0.312 e. The average molecular weight is 410 g/mol. The Morgan fingerprint density at radius 3 is 2.43 bits per heavy atom. The largest absolute Gasteiger partial charge is 0.497 e. The van der Waals surface area contributed by atoms with E-state index in [4.69, 9.17) is 9.47 Å². The van der Waals surface area contributed by atoms with Gasteiger partial charge >= 0.3 is 5.97 Å². The SMILES string of the molecule is COc1ccc(CNC(=O)[C@H](C)OC(=O)[C@@H]2CC(=O)N(c3ccc(C)cc3)C2)cc1. The molecule has 30 heavy (non-hydrogen) atoms. The van der Waals surface area contributed by atoms with E-state index < -0.39 is 18.0 Å². The molecule has 158 valence electrons. The maximum absolute atomic E-state index is 12.5. The molecule has 1 heterocycles. The Balaban J connectivity index is 1.50. The van der Waals surface area contributed by atoms with E-state index in [1.54, 1.807) is 12.0 Å². The van der Waals surface area contributed by atoms with Gasteiger partial charge in [0.1, 0.15) is 5.75 Å². The summed E-state index contributed by atoms with van der Waals surface area (Å²) in [5.74, 6) is -0.907. The van der Waals surface area contributed by atoms with Gasteiger partial charge in [-0.1, -0.05) is 29.8 Å². The zero-order valence-corrected chi connectivity index (χ0v) is 17.4. The number of carbonyl (C=O) groups excluding carboxylic acids is 3. The Morgan fingerprint density at radius 1 is 1.13 bits per heavy atom. The molecule has 0 unspecified atom stereocenters. The summed E-state index contributed by atoms with van der Waals surface area (Å²) in [6.45, 7) is 4.06. The minimum absolute atomic E-state index is 0.0763. The first-order valence-electron chi connectivity index (χ1n) is 9.85. The topological polar surface area (TPSA) is 84.9 Å². The van der Waals surface area contributed by atoms with Crippen LogP contribution in [0.4, 0.5) is 5.69 Å². The molecule has 1 saturated heterocycles. The number of carbonyl (C=O) groups is 3. The molecule has 2 amide bonds. The van der Waals surface area contributed by atoms with Crippen molar-refractivity contribution in [2.24, 2.45) is 5.92 Å². The number of anilines is 1. The van der Waals surface area contributed by atoms with Crippen LogP contribution in [0.5, 0.6) is 5.75 Å². The summed E-state index contributed by atoms with van der Waals surface area (Å²) in [5, 5.41) is 2.75. The second-order valence-corrected chi connectivity index (χ2v) is 7.39. The molecular weight excluding hydrogens is 384 g/mol. The normalized spacial score (nSPS) is 16.8. The number of hydrogen-bond acceptors (Lipinski definition) is 5. The van der Waals surface area contributed by atoms with Gasteiger partial charge in [-0.05, 0) is 43.7 Å². The predicted molar refractivity (Wildman–Crippen MR) is 112 cm³/mol. The van der Waals surface area contributed by atoms with E-state index in [-0.39, 0.29) is 24.8 Å². The summed E-state index contributed by atoms with van der Waals surface area (Å²) < 4.78 is 10.4. The minimum atomic E-state index is -0.945. The van der Waals surface area contributed by atoms with E-state index >= 15 is 0 Å². The number of ether oxygens (including phenoxy) is 2. The fourth-order valence-electron chi connectivity index (χ4n) is 3.24. The molecule has 7 heteroatoms. The van der Waals surface area contributed by atoms with Crippen molar-refractivity contribution in [1.82, 2.24) is 5.32 Å². The lowest BCUT2D eigenvalue weighted by Gasteiger charge is -2.18.